The number of carbonyl (C=O) groups excluding carboxylic acids is 1. The van der Waals surface area contributed by atoms with Crippen LogP contribution in [0.15, 0.2) is 41.0 Å². The highest BCUT2D eigenvalue weighted by atomic mass is 79.9. The lowest BCUT2D eigenvalue weighted by Gasteiger charge is -2.05. The zero-order valence-corrected chi connectivity index (χ0v) is 11.4. The monoisotopic (exact) mass is 307 g/mol. The predicted molar refractivity (Wildman–Crippen MR) is 71.1 cm³/mol. The highest BCUT2D eigenvalue weighted by Gasteiger charge is 2.16. The average Bonchev–Trinajstić information content (AvgIpc) is 2.32. The molecule has 0 atom stereocenters. The summed E-state index contributed by atoms with van der Waals surface area (Å²) in [6.45, 7) is 1.92. The summed E-state index contributed by atoms with van der Waals surface area (Å²) in [5.74, 6) is -0.794. The van der Waals surface area contributed by atoms with Gasteiger partial charge in [0.2, 0.25) is 0 Å². The Kier molecular flexibility index (Phi) is 3.87. The molecule has 0 spiro atoms. The fourth-order valence-electron chi connectivity index (χ4n) is 1.62. The van der Waals surface area contributed by atoms with Crippen LogP contribution in [-0.4, -0.2) is 10.8 Å². The van der Waals surface area contributed by atoms with E-state index in [9.17, 15) is 9.18 Å². The molecule has 1 heterocycles. The molecule has 92 valence electrons. The first-order valence-electron chi connectivity index (χ1n) is 5.46. The molecule has 0 saturated heterocycles. The smallest absolute Gasteiger partial charge is 0.172 e. The first-order valence-corrected chi connectivity index (χ1v) is 6.26. The number of rotatable bonds is 3. The molecule has 1 aromatic heterocycles. The van der Waals surface area contributed by atoms with Crippen LogP contribution in [0.25, 0.3) is 0 Å². The lowest BCUT2D eigenvalue weighted by Crippen LogP contribution is -2.08. The number of aromatic nitrogens is 1. The second-order valence-corrected chi connectivity index (χ2v) is 4.88. The van der Waals surface area contributed by atoms with Crippen LogP contribution in [0, 0.1) is 12.7 Å². The van der Waals surface area contributed by atoms with Gasteiger partial charge in [-0.05, 0) is 46.6 Å². The summed E-state index contributed by atoms with van der Waals surface area (Å²) in [5.41, 5.74) is 1.75. The van der Waals surface area contributed by atoms with Gasteiger partial charge >= 0.3 is 0 Å². The average molecular weight is 308 g/mol. The summed E-state index contributed by atoms with van der Waals surface area (Å²) < 4.78 is 14.1. The zero-order chi connectivity index (χ0) is 13.1. The number of halogens is 2. The van der Waals surface area contributed by atoms with Crippen molar-refractivity contribution in [2.45, 2.75) is 13.3 Å². The van der Waals surface area contributed by atoms with Crippen molar-refractivity contribution in [2.75, 3.05) is 0 Å². The van der Waals surface area contributed by atoms with Crippen molar-refractivity contribution in [3.63, 3.8) is 0 Å². The Bertz CT molecular complexity index is 561. The zero-order valence-electron chi connectivity index (χ0n) is 9.78. The number of hydrogen-bond donors (Lipinski definition) is 0. The first kappa shape index (κ1) is 12.9. The minimum absolute atomic E-state index is 0.0832. The molecule has 0 aliphatic carbocycles. The number of Topliss-reactive ketones (excluding diaryl/α,β-unsaturated/α-hetero) is 1. The summed E-state index contributed by atoms with van der Waals surface area (Å²) in [7, 11) is 0. The fourth-order valence-corrected chi connectivity index (χ4v) is 2.18. The van der Waals surface area contributed by atoms with Crippen molar-refractivity contribution < 1.29 is 9.18 Å². The maximum Gasteiger partial charge on any atom is 0.172 e. The molecular formula is C14H11BrFNO. The van der Waals surface area contributed by atoms with Gasteiger partial charge in [0.05, 0.1) is 12.0 Å². The van der Waals surface area contributed by atoms with Crippen LogP contribution in [0.4, 0.5) is 4.39 Å². The van der Waals surface area contributed by atoms with Gasteiger partial charge in [0, 0.05) is 16.4 Å². The van der Waals surface area contributed by atoms with Gasteiger partial charge in [-0.3, -0.25) is 9.78 Å². The molecule has 2 aromatic rings. The molecule has 18 heavy (non-hydrogen) atoms. The highest BCUT2D eigenvalue weighted by Crippen LogP contribution is 2.21. The van der Waals surface area contributed by atoms with Crippen LogP contribution in [0.1, 0.15) is 21.6 Å². The molecule has 0 radical (unpaired) electrons. The Morgan fingerprint density at radius 3 is 2.72 bits per heavy atom. The standard InChI is InChI=1S/C14H11BrFNO/c1-9-5-6-10(17-8-9)7-13(18)14-11(15)3-2-4-12(14)16/h2-6,8H,7H2,1H3. The molecule has 0 fully saturated rings. The second kappa shape index (κ2) is 5.40. The molecule has 0 aliphatic rings. The van der Waals surface area contributed by atoms with E-state index in [-0.39, 0.29) is 17.8 Å². The number of benzene rings is 1. The normalized spacial score (nSPS) is 10.4. The molecular weight excluding hydrogens is 297 g/mol. The van der Waals surface area contributed by atoms with E-state index >= 15 is 0 Å². The van der Waals surface area contributed by atoms with Gasteiger partial charge in [-0.25, -0.2) is 4.39 Å². The van der Waals surface area contributed by atoms with E-state index in [4.69, 9.17) is 0 Å². The van der Waals surface area contributed by atoms with Gasteiger partial charge in [0.15, 0.2) is 5.78 Å². The number of ketones is 1. The Labute approximate surface area is 113 Å². The van der Waals surface area contributed by atoms with E-state index < -0.39 is 5.82 Å². The SMILES string of the molecule is Cc1ccc(CC(=O)c2c(F)cccc2Br)nc1. The lowest BCUT2D eigenvalue weighted by molar-refractivity contribution is 0.0987. The highest BCUT2D eigenvalue weighted by molar-refractivity contribution is 9.10. The van der Waals surface area contributed by atoms with E-state index in [0.29, 0.717) is 10.2 Å². The topological polar surface area (TPSA) is 30.0 Å². The van der Waals surface area contributed by atoms with Crippen LogP contribution in [0.3, 0.4) is 0 Å². The fraction of sp³-hybridized carbons (Fsp3) is 0.143. The van der Waals surface area contributed by atoms with E-state index in [2.05, 4.69) is 20.9 Å². The molecule has 0 saturated carbocycles. The summed E-state index contributed by atoms with van der Waals surface area (Å²) in [4.78, 5) is 16.2. The Balaban J connectivity index is 2.25. The first-order chi connectivity index (χ1) is 8.58. The van der Waals surface area contributed by atoms with Gasteiger partial charge in [0.25, 0.3) is 0 Å². The molecule has 0 aliphatic heterocycles. The van der Waals surface area contributed by atoms with E-state index in [0.717, 1.165) is 5.56 Å². The summed E-state index contributed by atoms with van der Waals surface area (Å²) in [5, 5.41) is 0. The van der Waals surface area contributed by atoms with Crippen molar-refractivity contribution >= 4 is 21.7 Å². The second-order valence-electron chi connectivity index (χ2n) is 4.02. The van der Waals surface area contributed by atoms with Gasteiger partial charge in [-0.2, -0.15) is 0 Å². The molecule has 2 nitrogen and oxygen atoms in total. The molecule has 0 unspecified atom stereocenters. The molecule has 1 aromatic carbocycles. The quantitative estimate of drug-likeness (QED) is 0.809. The van der Waals surface area contributed by atoms with Crippen LogP contribution >= 0.6 is 15.9 Å². The van der Waals surface area contributed by atoms with Gasteiger partial charge in [-0.1, -0.05) is 12.1 Å². The molecule has 4 heteroatoms. The van der Waals surface area contributed by atoms with Gasteiger partial charge in [-0.15, -0.1) is 0 Å². The van der Waals surface area contributed by atoms with Crippen molar-refractivity contribution in [3.05, 3.63) is 63.6 Å². The van der Waals surface area contributed by atoms with Crippen molar-refractivity contribution in [1.29, 1.82) is 0 Å². The minimum Gasteiger partial charge on any atom is -0.294 e. The number of nitrogens with zero attached hydrogens (tertiary/aromatic N) is 1. The lowest BCUT2D eigenvalue weighted by atomic mass is 10.1. The number of hydrogen-bond acceptors (Lipinski definition) is 2. The third-order valence-corrected chi connectivity index (χ3v) is 3.22. The summed E-state index contributed by atoms with van der Waals surface area (Å²) in [6.07, 6.45) is 1.79. The Morgan fingerprint density at radius 1 is 1.33 bits per heavy atom. The number of pyridine rings is 1. The Hall–Kier alpha value is -1.55. The maximum atomic E-state index is 13.6. The third kappa shape index (κ3) is 2.82. The molecule has 0 N–H and O–H groups in total. The number of carbonyl (C=O) groups is 1. The third-order valence-electron chi connectivity index (χ3n) is 2.56. The van der Waals surface area contributed by atoms with Crippen molar-refractivity contribution in [2.24, 2.45) is 0 Å². The maximum absolute atomic E-state index is 13.6. The van der Waals surface area contributed by atoms with Crippen LogP contribution < -0.4 is 0 Å². The van der Waals surface area contributed by atoms with Crippen molar-refractivity contribution in [3.8, 4) is 0 Å². The van der Waals surface area contributed by atoms with E-state index in [1.54, 1.807) is 24.4 Å². The van der Waals surface area contributed by atoms with Gasteiger partial charge < -0.3 is 0 Å². The summed E-state index contributed by atoms with van der Waals surface area (Å²) in [6, 6.07) is 8.15. The van der Waals surface area contributed by atoms with Gasteiger partial charge in [0.1, 0.15) is 5.82 Å². The molecule has 0 amide bonds. The summed E-state index contributed by atoms with van der Waals surface area (Å²) >= 11 is 3.19. The molecule has 2 rings (SSSR count). The molecule has 0 bridgehead atoms. The predicted octanol–water partition coefficient (Wildman–Crippen LogP) is 3.72. The van der Waals surface area contributed by atoms with E-state index in [1.807, 2.05) is 13.0 Å². The van der Waals surface area contributed by atoms with E-state index in [1.165, 1.54) is 6.07 Å². The van der Waals surface area contributed by atoms with Crippen molar-refractivity contribution in [1.82, 2.24) is 4.98 Å². The number of aryl methyl sites for hydroxylation is 1. The minimum atomic E-state index is -0.513. The van der Waals surface area contributed by atoms with Crippen LogP contribution in [0.2, 0.25) is 0 Å². The van der Waals surface area contributed by atoms with Crippen LogP contribution in [0.5, 0.6) is 0 Å². The van der Waals surface area contributed by atoms with Crippen LogP contribution in [-0.2, 0) is 6.42 Å². The largest absolute Gasteiger partial charge is 0.294 e. The Morgan fingerprint density at radius 2 is 2.11 bits per heavy atom.